The Morgan fingerprint density at radius 3 is 1.13 bits per heavy atom. The van der Waals surface area contributed by atoms with Gasteiger partial charge in [0.15, 0.2) is 0 Å². The molecule has 6 nitrogen and oxygen atoms in total. The number of hydrogen-bond donors (Lipinski definition) is 2. The van der Waals surface area contributed by atoms with E-state index in [1.54, 1.807) is 24.3 Å². The van der Waals surface area contributed by atoms with Gasteiger partial charge in [0.2, 0.25) is 0 Å². The molecule has 0 unspecified atom stereocenters. The molecule has 0 aliphatic rings. The van der Waals surface area contributed by atoms with E-state index < -0.39 is 20.2 Å². The number of rotatable bonds is 2. The number of benzene rings is 4. The van der Waals surface area contributed by atoms with Crippen LogP contribution in [0, 0.1) is 0 Å². The van der Waals surface area contributed by atoms with Crippen molar-refractivity contribution in [3.63, 3.8) is 0 Å². The first-order valence-electron chi connectivity index (χ1n) is 9.49. The summed E-state index contributed by atoms with van der Waals surface area (Å²) in [6.07, 6.45) is 1.25. The molecule has 0 aromatic heterocycles. The average molecular weight is 461 g/mol. The van der Waals surface area contributed by atoms with E-state index in [4.69, 9.17) is 9.11 Å². The second-order valence-electron chi connectivity index (χ2n) is 6.68. The van der Waals surface area contributed by atoms with Crippen molar-refractivity contribution in [2.45, 2.75) is 30.1 Å². The summed E-state index contributed by atoms with van der Waals surface area (Å²) in [5.41, 5.74) is 0. The highest BCUT2D eigenvalue weighted by atomic mass is 32.2. The third-order valence-corrected chi connectivity index (χ3v) is 5.74. The second kappa shape index (κ2) is 10.5. The monoisotopic (exact) mass is 460 g/mol. The van der Waals surface area contributed by atoms with Gasteiger partial charge in [0.25, 0.3) is 20.2 Å². The van der Waals surface area contributed by atoms with Crippen molar-refractivity contribution in [2.75, 3.05) is 0 Å². The van der Waals surface area contributed by atoms with Crippen molar-refractivity contribution in [1.29, 1.82) is 0 Å². The lowest BCUT2D eigenvalue weighted by Gasteiger charge is -1.99. The van der Waals surface area contributed by atoms with Gasteiger partial charge in [-0.05, 0) is 45.8 Å². The van der Waals surface area contributed by atoms with E-state index >= 15 is 0 Å². The quantitative estimate of drug-likeness (QED) is 0.378. The summed E-state index contributed by atoms with van der Waals surface area (Å²) in [5.74, 6) is 0. The summed E-state index contributed by atoms with van der Waals surface area (Å²) in [4.78, 5) is -0.146. The van der Waals surface area contributed by atoms with Crippen LogP contribution in [0.1, 0.15) is 20.3 Å². The Balaban J connectivity index is 0.000000196. The average Bonchev–Trinajstić information content (AvgIpc) is 2.73. The largest absolute Gasteiger partial charge is 0.294 e. The van der Waals surface area contributed by atoms with Crippen LogP contribution in [0.15, 0.2) is 94.7 Å². The van der Waals surface area contributed by atoms with Gasteiger partial charge in [-0.25, -0.2) is 0 Å². The molecule has 4 aromatic rings. The molecule has 0 amide bonds. The minimum atomic E-state index is -4.09. The topological polar surface area (TPSA) is 109 Å². The van der Waals surface area contributed by atoms with Gasteiger partial charge in [0.05, 0.1) is 9.79 Å². The Morgan fingerprint density at radius 1 is 0.548 bits per heavy atom. The molecule has 31 heavy (non-hydrogen) atoms. The summed E-state index contributed by atoms with van der Waals surface area (Å²) in [5, 5.41) is 3.48. The van der Waals surface area contributed by atoms with E-state index in [1.165, 1.54) is 30.7 Å². The standard InChI is InChI=1S/2C10H8O3S.C3H8/c2*11-14(12,13)10-6-5-8-3-1-2-4-9(8)7-10;1-3-2/h2*1-7H,(H,11,12,13);3H2,1-2H3. The smallest absolute Gasteiger partial charge is 0.282 e. The van der Waals surface area contributed by atoms with Crippen LogP contribution in [0.2, 0.25) is 0 Å². The fourth-order valence-corrected chi connectivity index (χ4v) is 3.69. The second-order valence-corrected chi connectivity index (χ2v) is 9.52. The lowest BCUT2D eigenvalue weighted by Crippen LogP contribution is -1.97. The van der Waals surface area contributed by atoms with Gasteiger partial charge in [-0.2, -0.15) is 16.8 Å². The maximum Gasteiger partial charge on any atom is 0.294 e. The third kappa shape index (κ3) is 7.15. The van der Waals surface area contributed by atoms with Gasteiger partial charge in [0.1, 0.15) is 0 Å². The van der Waals surface area contributed by atoms with Crippen molar-refractivity contribution < 1.29 is 25.9 Å². The van der Waals surface area contributed by atoms with Crippen LogP contribution in [0.25, 0.3) is 21.5 Å². The molecule has 0 radical (unpaired) electrons. The van der Waals surface area contributed by atoms with Crippen LogP contribution < -0.4 is 0 Å². The minimum Gasteiger partial charge on any atom is -0.282 e. The zero-order valence-corrected chi connectivity index (χ0v) is 18.8. The van der Waals surface area contributed by atoms with Crippen LogP contribution in [0.4, 0.5) is 0 Å². The van der Waals surface area contributed by atoms with Crippen LogP contribution in [0.3, 0.4) is 0 Å². The summed E-state index contributed by atoms with van der Waals surface area (Å²) in [6, 6.07) is 23.7. The maximum absolute atomic E-state index is 10.8. The van der Waals surface area contributed by atoms with Crippen LogP contribution in [0.5, 0.6) is 0 Å². The van der Waals surface area contributed by atoms with E-state index in [9.17, 15) is 16.8 Å². The van der Waals surface area contributed by atoms with E-state index in [-0.39, 0.29) is 9.79 Å². The summed E-state index contributed by atoms with van der Waals surface area (Å²) in [7, 11) is -8.19. The lowest BCUT2D eigenvalue weighted by atomic mass is 10.1. The van der Waals surface area contributed by atoms with Crippen LogP contribution >= 0.6 is 0 Å². The third-order valence-electron chi connectivity index (χ3n) is 4.04. The Morgan fingerprint density at radius 2 is 0.839 bits per heavy atom. The zero-order valence-electron chi connectivity index (χ0n) is 17.1. The molecule has 0 saturated carbocycles. The Bertz CT molecular complexity index is 1270. The molecule has 0 atom stereocenters. The molecule has 2 N–H and O–H groups in total. The van der Waals surface area contributed by atoms with Crippen molar-refractivity contribution in [3.05, 3.63) is 84.9 Å². The molecule has 0 fully saturated rings. The highest BCUT2D eigenvalue weighted by molar-refractivity contribution is 7.86. The van der Waals surface area contributed by atoms with Crippen LogP contribution in [-0.4, -0.2) is 25.9 Å². The molecular formula is C23H24O6S2. The summed E-state index contributed by atoms with van der Waals surface area (Å²) < 4.78 is 61.0. The van der Waals surface area contributed by atoms with Crippen LogP contribution in [-0.2, 0) is 20.2 Å². The molecule has 8 heteroatoms. The molecule has 4 rings (SSSR count). The Labute approximate surface area is 182 Å². The molecule has 0 heterocycles. The highest BCUT2D eigenvalue weighted by Crippen LogP contribution is 2.19. The van der Waals surface area contributed by atoms with Gasteiger partial charge < -0.3 is 0 Å². The van der Waals surface area contributed by atoms with E-state index in [2.05, 4.69) is 13.8 Å². The van der Waals surface area contributed by atoms with Gasteiger partial charge in [-0.3, -0.25) is 9.11 Å². The zero-order chi connectivity index (χ0) is 23.1. The fourth-order valence-electron chi connectivity index (χ4n) is 2.66. The first kappa shape index (κ1) is 24.5. The number of hydrogen-bond acceptors (Lipinski definition) is 4. The van der Waals surface area contributed by atoms with Crippen molar-refractivity contribution >= 4 is 41.8 Å². The fraction of sp³-hybridized carbons (Fsp3) is 0.130. The molecule has 4 aromatic carbocycles. The lowest BCUT2D eigenvalue weighted by molar-refractivity contribution is 0.481. The summed E-state index contributed by atoms with van der Waals surface area (Å²) in [6.45, 7) is 4.25. The highest BCUT2D eigenvalue weighted by Gasteiger charge is 2.09. The van der Waals surface area contributed by atoms with Gasteiger partial charge in [-0.1, -0.05) is 80.9 Å². The predicted molar refractivity (Wildman–Crippen MR) is 123 cm³/mol. The van der Waals surface area contributed by atoms with E-state index in [1.807, 2.05) is 36.4 Å². The molecule has 0 spiro atoms. The molecule has 0 aliphatic carbocycles. The Kier molecular flexibility index (Phi) is 8.29. The van der Waals surface area contributed by atoms with Gasteiger partial charge in [0, 0.05) is 0 Å². The molecular weight excluding hydrogens is 436 g/mol. The molecule has 164 valence electrons. The van der Waals surface area contributed by atoms with E-state index in [0.717, 1.165) is 21.5 Å². The molecule has 0 bridgehead atoms. The summed E-state index contributed by atoms with van der Waals surface area (Å²) >= 11 is 0. The predicted octanol–water partition coefficient (Wildman–Crippen LogP) is 5.59. The first-order chi connectivity index (χ1) is 14.6. The molecule has 0 saturated heterocycles. The SMILES string of the molecule is CCC.O=S(=O)(O)c1ccc2ccccc2c1.O=S(=O)(O)c1ccc2ccccc2c1. The van der Waals surface area contributed by atoms with Gasteiger partial charge >= 0.3 is 0 Å². The molecule has 0 aliphatic heterocycles. The van der Waals surface area contributed by atoms with Crippen molar-refractivity contribution in [2.24, 2.45) is 0 Å². The number of fused-ring (bicyclic) bond motifs is 2. The first-order valence-corrected chi connectivity index (χ1v) is 12.4. The van der Waals surface area contributed by atoms with Crippen molar-refractivity contribution in [1.82, 2.24) is 0 Å². The Hall–Kier alpha value is -2.78. The van der Waals surface area contributed by atoms with E-state index in [0.29, 0.717) is 0 Å². The van der Waals surface area contributed by atoms with Crippen molar-refractivity contribution in [3.8, 4) is 0 Å². The minimum absolute atomic E-state index is 0.0730. The normalized spacial score (nSPS) is 11.2. The van der Waals surface area contributed by atoms with Gasteiger partial charge in [-0.15, -0.1) is 0 Å². The maximum atomic E-state index is 10.8.